The molecule has 0 aliphatic heterocycles. The van der Waals surface area contributed by atoms with Crippen LogP contribution in [0.4, 0.5) is 0 Å². The molecule has 0 saturated heterocycles. The van der Waals surface area contributed by atoms with Crippen molar-refractivity contribution in [2.24, 2.45) is 12.5 Å². The van der Waals surface area contributed by atoms with Crippen LogP contribution in [0.15, 0.2) is 36.5 Å². The zero-order valence-corrected chi connectivity index (χ0v) is 17.6. The normalized spacial score (nSPS) is 12.0. The second-order valence-electron chi connectivity index (χ2n) is 9.13. The lowest BCUT2D eigenvalue weighted by Gasteiger charge is -2.20. The molecule has 3 aromatic rings. The van der Waals surface area contributed by atoms with Crippen LogP contribution in [-0.2, 0) is 13.5 Å². The highest BCUT2D eigenvalue weighted by atomic mass is 14.9. The summed E-state index contributed by atoms with van der Waals surface area (Å²) in [6.45, 7) is 15.8. The lowest BCUT2D eigenvalue weighted by Crippen LogP contribution is -2.31. The highest BCUT2D eigenvalue weighted by Crippen LogP contribution is 2.33. The van der Waals surface area contributed by atoms with E-state index in [0.29, 0.717) is 5.41 Å². The van der Waals surface area contributed by atoms with Crippen molar-refractivity contribution in [1.29, 1.82) is 0 Å². The van der Waals surface area contributed by atoms with Gasteiger partial charge in [0.2, 0.25) is 5.69 Å². The smallest absolute Gasteiger partial charge is 0.200 e. The Morgan fingerprint density at radius 2 is 1.58 bits per heavy atom. The highest BCUT2D eigenvalue weighted by Gasteiger charge is 2.20. The fourth-order valence-corrected chi connectivity index (χ4v) is 3.95. The molecule has 0 bridgehead atoms. The number of hydrogen-bond acceptors (Lipinski definition) is 0. The molecule has 0 saturated carbocycles. The van der Waals surface area contributed by atoms with Crippen LogP contribution >= 0.6 is 0 Å². The number of pyridine rings is 1. The zero-order valence-electron chi connectivity index (χ0n) is 17.6. The fourth-order valence-electron chi connectivity index (χ4n) is 3.95. The zero-order chi connectivity index (χ0) is 19.2. The first kappa shape index (κ1) is 18.6. The number of aryl methyl sites for hydroxylation is 4. The summed E-state index contributed by atoms with van der Waals surface area (Å²) in [5, 5.41) is 2.68. The van der Waals surface area contributed by atoms with Crippen LogP contribution in [0.25, 0.3) is 22.0 Å². The predicted molar refractivity (Wildman–Crippen MR) is 113 cm³/mol. The number of aromatic nitrogens is 1. The molecule has 1 heterocycles. The van der Waals surface area contributed by atoms with E-state index in [1.165, 1.54) is 49.8 Å². The molecular formula is C25H32N+. The number of hydrogen-bond donors (Lipinski definition) is 0. The molecule has 0 radical (unpaired) electrons. The summed E-state index contributed by atoms with van der Waals surface area (Å²) < 4.78 is 2.27. The summed E-state index contributed by atoms with van der Waals surface area (Å²) in [4.78, 5) is 0. The van der Waals surface area contributed by atoms with Crippen LogP contribution in [0, 0.1) is 33.1 Å². The van der Waals surface area contributed by atoms with Crippen molar-refractivity contribution in [3.05, 3.63) is 64.3 Å². The lowest BCUT2D eigenvalue weighted by molar-refractivity contribution is -0.659. The maximum Gasteiger partial charge on any atom is 0.220 e. The Morgan fingerprint density at radius 3 is 2.23 bits per heavy atom. The van der Waals surface area contributed by atoms with E-state index in [1.54, 1.807) is 0 Å². The SMILES string of the molecule is Cc1cc(C)c(C)c(-c2c3cc(C)c(CC(C)(C)C)cc3cc[n+]2C)c1. The topological polar surface area (TPSA) is 3.88 Å². The van der Waals surface area contributed by atoms with E-state index >= 15 is 0 Å². The molecule has 0 aliphatic carbocycles. The first-order chi connectivity index (χ1) is 12.1. The molecule has 3 rings (SSSR count). The van der Waals surface area contributed by atoms with Crippen molar-refractivity contribution in [3.63, 3.8) is 0 Å². The molecule has 136 valence electrons. The monoisotopic (exact) mass is 346 g/mol. The van der Waals surface area contributed by atoms with Gasteiger partial charge < -0.3 is 0 Å². The van der Waals surface area contributed by atoms with Crippen molar-refractivity contribution in [2.45, 2.75) is 54.9 Å². The van der Waals surface area contributed by atoms with Crippen molar-refractivity contribution in [1.82, 2.24) is 0 Å². The van der Waals surface area contributed by atoms with Gasteiger partial charge in [0.25, 0.3) is 0 Å². The third kappa shape index (κ3) is 3.53. The molecule has 0 aliphatic rings. The van der Waals surface area contributed by atoms with E-state index in [0.717, 1.165) is 6.42 Å². The molecule has 1 heteroatoms. The molecule has 1 aromatic heterocycles. The van der Waals surface area contributed by atoms with Gasteiger partial charge in [0, 0.05) is 6.07 Å². The average molecular weight is 347 g/mol. The minimum absolute atomic E-state index is 0.297. The largest absolute Gasteiger partial charge is 0.220 e. The Hall–Kier alpha value is -2.15. The van der Waals surface area contributed by atoms with Crippen LogP contribution < -0.4 is 4.57 Å². The van der Waals surface area contributed by atoms with Gasteiger partial charge in [0.15, 0.2) is 6.20 Å². The van der Waals surface area contributed by atoms with Gasteiger partial charge in [0.05, 0.1) is 10.9 Å². The summed E-state index contributed by atoms with van der Waals surface area (Å²) in [5.74, 6) is 0. The average Bonchev–Trinajstić information content (AvgIpc) is 2.51. The van der Waals surface area contributed by atoms with Gasteiger partial charge in [-0.25, -0.2) is 4.57 Å². The van der Waals surface area contributed by atoms with Gasteiger partial charge in [-0.05, 0) is 79.3 Å². The maximum atomic E-state index is 2.40. The maximum absolute atomic E-state index is 2.40. The van der Waals surface area contributed by atoms with Crippen molar-refractivity contribution >= 4 is 10.8 Å². The van der Waals surface area contributed by atoms with Gasteiger partial charge in [0.1, 0.15) is 7.05 Å². The first-order valence-corrected chi connectivity index (χ1v) is 9.57. The van der Waals surface area contributed by atoms with E-state index in [9.17, 15) is 0 Å². The number of benzene rings is 2. The second-order valence-corrected chi connectivity index (χ2v) is 9.13. The number of nitrogens with zero attached hydrogens (tertiary/aromatic N) is 1. The van der Waals surface area contributed by atoms with Gasteiger partial charge in [-0.1, -0.05) is 38.5 Å². The van der Waals surface area contributed by atoms with Gasteiger partial charge in [-0.3, -0.25) is 0 Å². The minimum atomic E-state index is 0.297. The summed E-state index contributed by atoms with van der Waals surface area (Å²) in [6, 6.07) is 11.6. The molecule has 0 atom stereocenters. The Labute approximate surface area is 158 Å². The van der Waals surface area contributed by atoms with Gasteiger partial charge in [-0.2, -0.15) is 0 Å². The molecule has 2 aromatic carbocycles. The molecule has 0 amide bonds. The molecule has 26 heavy (non-hydrogen) atoms. The van der Waals surface area contributed by atoms with E-state index < -0.39 is 0 Å². The fraction of sp³-hybridized carbons (Fsp3) is 0.400. The third-order valence-corrected chi connectivity index (χ3v) is 5.38. The van der Waals surface area contributed by atoms with Gasteiger partial charge in [-0.15, -0.1) is 0 Å². The van der Waals surface area contributed by atoms with Crippen molar-refractivity contribution in [2.75, 3.05) is 0 Å². The number of fused-ring (bicyclic) bond motifs is 1. The Morgan fingerprint density at radius 1 is 0.885 bits per heavy atom. The Kier molecular flexibility index (Phi) is 4.69. The molecule has 1 nitrogen and oxygen atoms in total. The Balaban J connectivity index is 2.31. The van der Waals surface area contributed by atoms with E-state index in [2.05, 4.69) is 96.6 Å². The minimum Gasteiger partial charge on any atom is -0.200 e. The third-order valence-electron chi connectivity index (χ3n) is 5.38. The molecular weight excluding hydrogens is 314 g/mol. The first-order valence-electron chi connectivity index (χ1n) is 9.57. The summed E-state index contributed by atoms with van der Waals surface area (Å²) in [7, 11) is 2.16. The van der Waals surface area contributed by atoms with E-state index in [4.69, 9.17) is 0 Å². The summed E-state index contributed by atoms with van der Waals surface area (Å²) in [6.07, 6.45) is 3.30. The summed E-state index contributed by atoms with van der Waals surface area (Å²) in [5.41, 5.74) is 9.86. The van der Waals surface area contributed by atoms with Crippen molar-refractivity contribution < 1.29 is 4.57 Å². The van der Waals surface area contributed by atoms with Crippen LogP contribution in [0.1, 0.15) is 48.6 Å². The van der Waals surface area contributed by atoms with Crippen LogP contribution in [-0.4, -0.2) is 0 Å². The summed E-state index contributed by atoms with van der Waals surface area (Å²) >= 11 is 0. The van der Waals surface area contributed by atoms with E-state index in [1.807, 2.05) is 0 Å². The highest BCUT2D eigenvalue weighted by molar-refractivity contribution is 5.94. The molecule has 0 unspecified atom stereocenters. The molecule has 0 spiro atoms. The Bertz CT molecular complexity index is 987. The van der Waals surface area contributed by atoms with Crippen LogP contribution in [0.3, 0.4) is 0 Å². The molecule has 0 N–H and O–H groups in total. The molecule has 0 fully saturated rings. The standard InChI is InChI=1S/C25H32N/c1-16-11-17(2)19(4)22(12-16)24-23-13-18(3)21(15-25(5,6)7)14-20(23)9-10-26(24)8/h9-14H,15H2,1-8H3/q+1. The number of rotatable bonds is 2. The van der Waals surface area contributed by atoms with Crippen LogP contribution in [0.5, 0.6) is 0 Å². The predicted octanol–water partition coefficient (Wildman–Crippen LogP) is 6.15. The van der Waals surface area contributed by atoms with Gasteiger partial charge >= 0.3 is 0 Å². The quantitative estimate of drug-likeness (QED) is 0.490. The lowest BCUT2D eigenvalue weighted by atomic mass is 9.85. The van der Waals surface area contributed by atoms with Crippen molar-refractivity contribution in [3.8, 4) is 11.3 Å². The van der Waals surface area contributed by atoms with Crippen LogP contribution in [0.2, 0.25) is 0 Å². The van der Waals surface area contributed by atoms with E-state index in [-0.39, 0.29) is 0 Å². The second kappa shape index (κ2) is 6.54.